The summed E-state index contributed by atoms with van der Waals surface area (Å²) in [5.41, 5.74) is 2.19. The topological polar surface area (TPSA) is 68.0 Å². The van der Waals surface area contributed by atoms with Crippen LogP contribution in [-0.4, -0.2) is 28.7 Å². The van der Waals surface area contributed by atoms with Crippen molar-refractivity contribution < 1.29 is 9.21 Å². The number of aromatic nitrogens is 2. The molecule has 0 aliphatic heterocycles. The third-order valence-electron chi connectivity index (χ3n) is 3.81. The number of rotatable bonds is 6. The standard InChI is InChI=1S/C19H18ClN3O2S/c1-12-16(18(24)21-9-8-13-5-3-6-14(20)11-13)19(26-2)23-17(22-12)15-7-4-10-25-15/h3-7,10-11H,8-9H2,1-2H3,(H,21,24). The molecular formula is C19H18ClN3O2S. The van der Waals surface area contributed by atoms with Crippen molar-refractivity contribution in [1.82, 2.24) is 15.3 Å². The molecule has 7 heteroatoms. The van der Waals surface area contributed by atoms with Crippen molar-refractivity contribution in [2.75, 3.05) is 12.8 Å². The number of carbonyl (C=O) groups is 1. The minimum absolute atomic E-state index is 0.181. The van der Waals surface area contributed by atoms with Crippen LogP contribution in [0.25, 0.3) is 11.6 Å². The van der Waals surface area contributed by atoms with Gasteiger partial charge in [0.1, 0.15) is 5.03 Å². The van der Waals surface area contributed by atoms with Crippen LogP contribution in [0.15, 0.2) is 52.1 Å². The molecule has 0 atom stereocenters. The molecule has 0 aliphatic carbocycles. The van der Waals surface area contributed by atoms with Crippen molar-refractivity contribution in [3.8, 4) is 11.6 Å². The van der Waals surface area contributed by atoms with Gasteiger partial charge in [-0.2, -0.15) is 0 Å². The number of amides is 1. The van der Waals surface area contributed by atoms with Gasteiger partial charge in [0.2, 0.25) is 0 Å². The number of benzene rings is 1. The van der Waals surface area contributed by atoms with E-state index in [0.29, 0.717) is 45.9 Å². The number of carbonyl (C=O) groups excluding carboxylic acids is 1. The van der Waals surface area contributed by atoms with Crippen molar-refractivity contribution >= 4 is 29.3 Å². The van der Waals surface area contributed by atoms with Crippen LogP contribution in [0.3, 0.4) is 0 Å². The number of furan rings is 1. The third-order valence-corrected chi connectivity index (χ3v) is 4.72. The van der Waals surface area contributed by atoms with E-state index in [1.54, 1.807) is 25.3 Å². The maximum absolute atomic E-state index is 12.6. The number of nitrogens with zero attached hydrogens (tertiary/aromatic N) is 2. The van der Waals surface area contributed by atoms with Crippen molar-refractivity contribution in [2.45, 2.75) is 18.4 Å². The van der Waals surface area contributed by atoms with Gasteiger partial charge < -0.3 is 9.73 Å². The van der Waals surface area contributed by atoms with Crippen LogP contribution in [0.2, 0.25) is 5.02 Å². The third kappa shape index (κ3) is 4.26. The molecule has 0 saturated heterocycles. The van der Waals surface area contributed by atoms with Gasteiger partial charge in [0, 0.05) is 11.6 Å². The molecule has 2 heterocycles. The molecule has 0 bridgehead atoms. The molecule has 0 spiro atoms. The van der Waals surface area contributed by atoms with Gasteiger partial charge >= 0.3 is 0 Å². The van der Waals surface area contributed by atoms with E-state index < -0.39 is 0 Å². The van der Waals surface area contributed by atoms with Crippen molar-refractivity contribution in [3.05, 3.63) is 64.5 Å². The maximum Gasteiger partial charge on any atom is 0.255 e. The maximum atomic E-state index is 12.6. The monoisotopic (exact) mass is 387 g/mol. The van der Waals surface area contributed by atoms with Crippen LogP contribution < -0.4 is 5.32 Å². The van der Waals surface area contributed by atoms with Gasteiger partial charge in [-0.25, -0.2) is 9.97 Å². The van der Waals surface area contributed by atoms with Crippen LogP contribution >= 0.6 is 23.4 Å². The summed E-state index contributed by atoms with van der Waals surface area (Å²) in [7, 11) is 0. The summed E-state index contributed by atoms with van der Waals surface area (Å²) in [6.45, 7) is 2.31. The fourth-order valence-electron chi connectivity index (χ4n) is 2.57. The smallest absolute Gasteiger partial charge is 0.255 e. The Kier molecular flexibility index (Phi) is 5.96. The lowest BCUT2D eigenvalue weighted by Crippen LogP contribution is -2.27. The average Bonchev–Trinajstić information content (AvgIpc) is 3.15. The molecule has 2 aromatic heterocycles. The van der Waals surface area contributed by atoms with E-state index in [2.05, 4.69) is 15.3 Å². The summed E-state index contributed by atoms with van der Waals surface area (Å²) in [6.07, 6.45) is 4.16. The second-order valence-electron chi connectivity index (χ2n) is 5.63. The highest BCUT2D eigenvalue weighted by Gasteiger charge is 2.19. The summed E-state index contributed by atoms with van der Waals surface area (Å²) in [5.74, 6) is 0.878. The van der Waals surface area contributed by atoms with Crippen molar-refractivity contribution in [1.29, 1.82) is 0 Å². The fourth-order valence-corrected chi connectivity index (χ4v) is 3.41. The first-order valence-corrected chi connectivity index (χ1v) is 9.68. The Hall–Kier alpha value is -2.31. The molecule has 3 aromatic rings. The summed E-state index contributed by atoms with van der Waals surface area (Å²) < 4.78 is 5.35. The first-order chi connectivity index (χ1) is 12.6. The number of thioether (sulfide) groups is 1. The summed E-state index contributed by atoms with van der Waals surface area (Å²) in [5, 5.41) is 4.26. The van der Waals surface area contributed by atoms with E-state index in [1.165, 1.54) is 11.8 Å². The lowest BCUT2D eigenvalue weighted by atomic mass is 10.1. The Morgan fingerprint density at radius 3 is 2.81 bits per heavy atom. The van der Waals surface area contributed by atoms with Gasteiger partial charge in [0.05, 0.1) is 17.5 Å². The Morgan fingerprint density at radius 1 is 1.27 bits per heavy atom. The van der Waals surface area contributed by atoms with Crippen LogP contribution in [0.4, 0.5) is 0 Å². The van der Waals surface area contributed by atoms with Crippen LogP contribution in [0.1, 0.15) is 21.6 Å². The molecule has 0 fully saturated rings. The van der Waals surface area contributed by atoms with E-state index in [1.807, 2.05) is 30.5 Å². The number of hydrogen-bond acceptors (Lipinski definition) is 5. The van der Waals surface area contributed by atoms with E-state index in [4.69, 9.17) is 16.0 Å². The zero-order valence-corrected chi connectivity index (χ0v) is 16.0. The SMILES string of the molecule is CSc1nc(-c2ccco2)nc(C)c1C(=O)NCCc1cccc(Cl)c1. The molecule has 5 nitrogen and oxygen atoms in total. The molecule has 134 valence electrons. The molecule has 1 aromatic carbocycles. The van der Waals surface area contributed by atoms with Crippen molar-refractivity contribution in [2.24, 2.45) is 0 Å². The quantitative estimate of drug-likeness (QED) is 0.501. The zero-order valence-electron chi connectivity index (χ0n) is 14.5. The molecule has 0 radical (unpaired) electrons. The highest BCUT2D eigenvalue weighted by Crippen LogP contribution is 2.25. The number of halogens is 1. The molecule has 0 unspecified atom stereocenters. The zero-order chi connectivity index (χ0) is 18.5. The number of aryl methyl sites for hydroxylation is 1. The number of nitrogens with one attached hydrogen (secondary N) is 1. The van der Waals surface area contributed by atoms with Gasteiger partial charge in [0.25, 0.3) is 5.91 Å². The second-order valence-corrected chi connectivity index (χ2v) is 6.86. The highest BCUT2D eigenvalue weighted by molar-refractivity contribution is 7.98. The van der Waals surface area contributed by atoms with Crippen LogP contribution in [-0.2, 0) is 6.42 Å². The fraction of sp³-hybridized carbons (Fsp3) is 0.211. The molecule has 26 heavy (non-hydrogen) atoms. The average molecular weight is 388 g/mol. The largest absolute Gasteiger partial charge is 0.461 e. The van der Waals surface area contributed by atoms with E-state index in [9.17, 15) is 4.79 Å². The molecule has 3 rings (SSSR count). The molecule has 0 aliphatic rings. The van der Waals surface area contributed by atoms with Crippen LogP contribution in [0.5, 0.6) is 0 Å². The molecular weight excluding hydrogens is 370 g/mol. The van der Waals surface area contributed by atoms with Gasteiger partial charge in [-0.3, -0.25) is 4.79 Å². The van der Waals surface area contributed by atoms with E-state index >= 15 is 0 Å². The molecule has 1 N–H and O–H groups in total. The molecule has 0 saturated carbocycles. The Balaban J connectivity index is 1.74. The second kappa shape index (κ2) is 8.38. The minimum atomic E-state index is -0.181. The molecule has 1 amide bonds. The van der Waals surface area contributed by atoms with Gasteiger partial charge in [-0.05, 0) is 49.4 Å². The first kappa shape index (κ1) is 18.5. The summed E-state index contributed by atoms with van der Waals surface area (Å²) in [4.78, 5) is 21.5. The Bertz CT molecular complexity index is 913. The number of hydrogen-bond donors (Lipinski definition) is 1. The lowest BCUT2D eigenvalue weighted by Gasteiger charge is -2.11. The lowest BCUT2D eigenvalue weighted by molar-refractivity contribution is 0.0949. The van der Waals surface area contributed by atoms with E-state index in [-0.39, 0.29) is 5.91 Å². The Labute approximate surface area is 161 Å². The summed E-state index contributed by atoms with van der Waals surface area (Å²) >= 11 is 7.40. The predicted octanol–water partition coefficient (Wildman–Crippen LogP) is 4.39. The Morgan fingerprint density at radius 2 is 2.12 bits per heavy atom. The van der Waals surface area contributed by atoms with Gasteiger partial charge in [-0.1, -0.05) is 23.7 Å². The van der Waals surface area contributed by atoms with Gasteiger partial charge in [0.15, 0.2) is 11.6 Å². The van der Waals surface area contributed by atoms with Gasteiger partial charge in [-0.15, -0.1) is 11.8 Å². The van der Waals surface area contributed by atoms with E-state index in [0.717, 1.165) is 5.56 Å². The van der Waals surface area contributed by atoms with Crippen molar-refractivity contribution in [3.63, 3.8) is 0 Å². The highest BCUT2D eigenvalue weighted by atomic mass is 35.5. The minimum Gasteiger partial charge on any atom is -0.461 e. The van der Waals surface area contributed by atoms with Crippen LogP contribution in [0, 0.1) is 6.92 Å². The normalized spacial score (nSPS) is 10.7. The summed E-state index contributed by atoms with van der Waals surface area (Å²) in [6, 6.07) is 11.2. The predicted molar refractivity (Wildman–Crippen MR) is 104 cm³/mol. The first-order valence-electron chi connectivity index (χ1n) is 8.07.